The van der Waals surface area contributed by atoms with E-state index in [1.807, 2.05) is 26.0 Å². The van der Waals surface area contributed by atoms with E-state index in [0.717, 1.165) is 27.6 Å². The number of ether oxygens (including phenoxy) is 1. The van der Waals surface area contributed by atoms with Gasteiger partial charge in [-0.1, -0.05) is 27.6 Å². The minimum absolute atomic E-state index is 0.291. The summed E-state index contributed by atoms with van der Waals surface area (Å²) >= 11 is 3.40. The van der Waals surface area contributed by atoms with Crippen LogP contribution in [0.5, 0.6) is 0 Å². The monoisotopic (exact) mass is 322 g/mol. The minimum Gasteiger partial charge on any atom is -0.461 e. The number of carbonyl (C=O) groups is 1. The molecule has 1 heterocycles. The van der Waals surface area contributed by atoms with Crippen LogP contribution in [0.3, 0.4) is 0 Å². The normalized spacial score (nSPS) is 10.7. The van der Waals surface area contributed by atoms with Gasteiger partial charge in [-0.15, -0.1) is 5.10 Å². The third kappa shape index (κ3) is 2.61. The summed E-state index contributed by atoms with van der Waals surface area (Å²) in [6.45, 7) is 6.09. The van der Waals surface area contributed by atoms with Crippen LogP contribution in [0.15, 0.2) is 12.1 Å². The molecule has 0 aliphatic carbocycles. The molecule has 1 aromatic carbocycles. The average molecular weight is 323 g/mol. The molecule has 0 radical (unpaired) electrons. The molecule has 0 spiro atoms. The highest BCUT2D eigenvalue weighted by Crippen LogP contribution is 2.26. The Bertz CT molecular complexity index is 641. The van der Waals surface area contributed by atoms with Crippen molar-refractivity contribution in [2.24, 2.45) is 0 Å². The van der Waals surface area contributed by atoms with Gasteiger partial charge in [-0.25, -0.2) is 4.79 Å². The number of nitrogens with zero attached hydrogens (tertiary/aromatic N) is 2. The fourth-order valence-electron chi connectivity index (χ4n) is 2.16. The molecule has 0 saturated carbocycles. The summed E-state index contributed by atoms with van der Waals surface area (Å²) in [4.78, 5) is 12.0. The SMILES string of the molecule is CCOC(=O)c1nnc(CBr)c2cc(C)cc(C)c12. The molecule has 2 aromatic rings. The van der Waals surface area contributed by atoms with E-state index in [1.165, 1.54) is 0 Å². The second-order valence-corrected chi connectivity index (χ2v) is 4.91. The van der Waals surface area contributed by atoms with Crippen molar-refractivity contribution in [2.45, 2.75) is 26.1 Å². The Kier molecular flexibility index (Phi) is 4.14. The summed E-state index contributed by atoms with van der Waals surface area (Å²) < 4.78 is 5.04. The van der Waals surface area contributed by atoms with Crippen LogP contribution in [0.2, 0.25) is 0 Å². The molecule has 0 N–H and O–H groups in total. The molecule has 0 fully saturated rings. The minimum atomic E-state index is -0.423. The van der Waals surface area contributed by atoms with Crippen LogP contribution in [-0.2, 0) is 10.1 Å². The maximum Gasteiger partial charge on any atom is 0.359 e. The average Bonchev–Trinajstić information content (AvgIpc) is 2.37. The summed E-state index contributed by atoms with van der Waals surface area (Å²) in [6.07, 6.45) is 0. The lowest BCUT2D eigenvalue weighted by Crippen LogP contribution is -2.11. The first-order valence-electron chi connectivity index (χ1n) is 6.08. The number of aromatic nitrogens is 2. The first kappa shape index (κ1) is 13.9. The van der Waals surface area contributed by atoms with Crippen molar-refractivity contribution in [3.05, 3.63) is 34.6 Å². The number of halogens is 1. The van der Waals surface area contributed by atoms with Crippen molar-refractivity contribution in [1.29, 1.82) is 0 Å². The van der Waals surface area contributed by atoms with E-state index in [4.69, 9.17) is 4.74 Å². The molecule has 0 unspecified atom stereocenters. The molecular weight excluding hydrogens is 308 g/mol. The van der Waals surface area contributed by atoms with E-state index in [2.05, 4.69) is 26.1 Å². The number of alkyl halides is 1. The summed E-state index contributed by atoms with van der Waals surface area (Å²) in [5, 5.41) is 10.5. The van der Waals surface area contributed by atoms with Gasteiger partial charge in [0, 0.05) is 16.1 Å². The van der Waals surface area contributed by atoms with Gasteiger partial charge >= 0.3 is 5.97 Å². The molecule has 0 aliphatic rings. The second kappa shape index (κ2) is 5.65. The smallest absolute Gasteiger partial charge is 0.359 e. The van der Waals surface area contributed by atoms with Crippen LogP contribution >= 0.6 is 15.9 Å². The Morgan fingerprint density at radius 2 is 2.05 bits per heavy atom. The van der Waals surface area contributed by atoms with Gasteiger partial charge in [0.05, 0.1) is 12.3 Å². The Morgan fingerprint density at radius 1 is 1.32 bits per heavy atom. The van der Waals surface area contributed by atoms with E-state index < -0.39 is 5.97 Å². The fraction of sp³-hybridized carbons (Fsp3) is 0.357. The van der Waals surface area contributed by atoms with Crippen molar-refractivity contribution in [2.75, 3.05) is 6.61 Å². The Labute approximate surface area is 120 Å². The van der Waals surface area contributed by atoms with Gasteiger partial charge < -0.3 is 4.74 Å². The van der Waals surface area contributed by atoms with Crippen LogP contribution in [0, 0.1) is 13.8 Å². The maximum absolute atomic E-state index is 12.0. The van der Waals surface area contributed by atoms with Crippen LogP contribution in [0.1, 0.15) is 34.2 Å². The molecular formula is C14H15BrN2O2. The molecule has 0 saturated heterocycles. The number of fused-ring (bicyclic) bond motifs is 1. The third-order valence-electron chi connectivity index (χ3n) is 2.89. The molecule has 0 bridgehead atoms. The number of hydrogen-bond acceptors (Lipinski definition) is 4. The molecule has 19 heavy (non-hydrogen) atoms. The summed E-state index contributed by atoms with van der Waals surface area (Å²) in [5.74, 6) is -0.423. The maximum atomic E-state index is 12.0. The fourth-order valence-corrected chi connectivity index (χ4v) is 2.58. The van der Waals surface area contributed by atoms with Crippen molar-refractivity contribution in [3.8, 4) is 0 Å². The second-order valence-electron chi connectivity index (χ2n) is 4.35. The number of esters is 1. The summed E-state index contributed by atoms with van der Waals surface area (Å²) in [5.41, 5.74) is 3.26. The topological polar surface area (TPSA) is 52.1 Å². The number of benzene rings is 1. The molecule has 0 atom stereocenters. The third-order valence-corrected chi connectivity index (χ3v) is 3.42. The van der Waals surface area contributed by atoms with Gasteiger partial charge in [0.15, 0.2) is 5.69 Å². The lowest BCUT2D eigenvalue weighted by atomic mass is 10.0. The zero-order valence-electron chi connectivity index (χ0n) is 11.2. The molecule has 5 heteroatoms. The van der Waals surface area contributed by atoms with Crippen molar-refractivity contribution in [3.63, 3.8) is 0 Å². The standard InChI is InChI=1S/C14H15BrN2O2/c1-4-19-14(18)13-12-9(3)5-8(2)6-10(12)11(7-15)16-17-13/h5-6H,4,7H2,1-3H3. The van der Waals surface area contributed by atoms with Crippen LogP contribution < -0.4 is 0 Å². The first-order valence-corrected chi connectivity index (χ1v) is 7.20. The van der Waals surface area contributed by atoms with E-state index >= 15 is 0 Å². The van der Waals surface area contributed by atoms with Crippen molar-refractivity contribution < 1.29 is 9.53 Å². The molecule has 100 valence electrons. The molecule has 1 aromatic heterocycles. The zero-order chi connectivity index (χ0) is 14.0. The molecule has 4 nitrogen and oxygen atoms in total. The lowest BCUT2D eigenvalue weighted by Gasteiger charge is -2.10. The van der Waals surface area contributed by atoms with Gasteiger partial charge in [-0.3, -0.25) is 0 Å². The predicted molar refractivity (Wildman–Crippen MR) is 77.6 cm³/mol. The quantitative estimate of drug-likeness (QED) is 0.642. The molecule has 2 rings (SSSR count). The largest absolute Gasteiger partial charge is 0.461 e. The Balaban J connectivity index is 2.77. The Hall–Kier alpha value is -1.49. The van der Waals surface area contributed by atoms with E-state index in [1.54, 1.807) is 6.92 Å². The van der Waals surface area contributed by atoms with E-state index in [0.29, 0.717) is 17.6 Å². The van der Waals surface area contributed by atoms with Gasteiger partial charge in [0.25, 0.3) is 0 Å². The number of hydrogen-bond donors (Lipinski definition) is 0. The van der Waals surface area contributed by atoms with Crippen molar-refractivity contribution in [1.82, 2.24) is 10.2 Å². The van der Waals surface area contributed by atoms with Gasteiger partial charge in [-0.2, -0.15) is 5.10 Å². The highest BCUT2D eigenvalue weighted by atomic mass is 79.9. The van der Waals surface area contributed by atoms with Crippen LogP contribution in [-0.4, -0.2) is 22.8 Å². The predicted octanol–water partition coefficient (Wildman–Crippen LogP) is 3.32. The van der Waals surface area contributed by atoms with Gasteiger partial charge in [0.2, 0.25) is 0 Å². The summed E-state index contributed by atoms with van der Waals surface area (Å²) in [7, 11) is 0. The first-order chi connectivity index (χ1) is 9.08. The van der Waals surface area contributed by atoms with E-state index in [-0.39, 0.29) is 0 Å². The Morgan fingerprint density at radius 3 is 2.68 bits per heavy atom. The number of rotatable bonds is 3. The molecule has 0 aliphatic heterocycles. The van der Waals surface area contributed by atoms with Gasteiger partial charge in [0.1, 0.15) is 0 Å². The van der Waals surface area contributed by atoms with Crippen molar-refractivity contribution >= 4 is 32.7 Å². The highest BCUT2D eigenvalue weighted by Gasteiger charge is 2.18. The van der Waals surface area contributed by atoms with Crippen LogP contribution in [0.4, 0.5) is 0 Å². The van der Waals surface area contributed by atoms with Gasteiger partial charge in [-0.05, 0) is 32.4 Å². The molecule has 0 amide bonds. The summed E-state index contributed by atoms with van der Waals surface area (Å²) in [6, 6.07) is 4.06. The van der Waals surface area contributed by atoms with Crippen LogP contribution in [0.25, 0.3) is 10.8 Å². The highest BCUT2D eigenvalue weighted by molar-refractivity contribution is 9.08. The van der Waals surface area contributed by atoms with E-state index in [9.17, 15) is 4.79 Å². The zero-order valence-corrected chi connectivity index (χ0v) is 12.7. The number of carbonyl (C=O) groups excluding carboxylic acids is 1. The number of aryl methyl sites for hydroxylation is 2. The lowest BCUT2D eigenvalue weighted by molar-refractivity contribution is 0.0520.